The van der Waals surface area contributed by atoms with Crippen LogP contribution in [0.4, 0.5) is 0 Å². The van der Waals surface area contributed by atoms with Crippen molar-refractivity contribution in [2.45, 2.75) is 0 Å². The van der Waals surface area contributed by atoms with Gasteiger partial charge in [-0.1, -0.05) is 60.1 Å². The van der Waals surface area contributed by atoms with Crippen LogP contribution in [0.3, 0.4) is 0 Å². The first-order valence-electron chi connectivity index (χ1n) is 9.01. The fraction of sp³-hybridized carbons (Fsp3) is 0. The highest BCUT2D eigenvalue weighted by atomic mass is 35.5. The molecule has 2 heteroatoms. The van der Waals surface area contributed by atoms with E-state index >= 15 is 0 Å². The van der Waals surface area contributed by atoms with Crippen molar-refractivity contribution in [2.24, 2.45) is 0 Å². The van der Waals surface area contributed by atoms with E-state index in [1.165, 1.54) is 0 Å². The zero-order chi connectivity index (χ0) is 18.7. The highest BCUT2D eigenvalue weighted by Gasteiger charge is 2.10. The summed E-state index contributed by atoms with van der Waals surface area (Å²) in [6.07, 6.45) is 0. The van der Waals surface area contributed by atoms with Gasteiger partial charge in [-0.25, -0.2) is 0 Å². The van der Waals surface area contributed by atoms with Crippen LogP contribution in [0, 0.1) is 0 Å². The number of fused-ring (bicyclic) bond motifs is 3. The summed E-state index contributed by atoms with van der Waals surface area (Å²) in [7, 11) is 0. The first-order valence-corrected chi connectivity index (χ1v) is 7.20. The zero-order valence-corrected chi connectivity index (χ0v) is 11.7. The SMILES string of the molecule is [2H]c1c([2H])c(-c2ccccc2)c2c(sc3c([2H])c(Cl)c([2H])c([2H])c32)c1[2H]. The summed E-state index contributed by atoms with van der Waals surface area (Å²) >= 11 is 7.16. The van der Waals surface area contributed by atoms with Gasteiger partial charge >= 0.3 is 0 Å². The molecule has 0 aliphatic heterocycles. The van der Waals surface area contributed by atoms with Crippen molar-refractivity contribution in [3.63, 3.8) is 0 Å². The number of hydrogen-bond donors (Lipinski definition) is 0. The number of thiophene rings is 1. The Hall–Kier alpha value is -1.83. The van der Waals surface area contributed by atoms with E-state index in [1.807, 2.05) is 30.3 Å². The summed E-state index contributed by atoms with van der Waals surface area (Å²) < 4.78 is 50.3. The summed E-state index contributed by atoms with van der Waals surface area (Å²) in [4.78, 5) is 0. The molecule has 4 rings (SSSR count). The lowest BCUT2D eigenvalue weighted by Crippen LogP contribution is -1.78. The van der Waals surface area contributed by atoms with Gasteiger partial charge < -0.3 is 0 Å². The van der Waals surface area contributed by atoms with E-state index in [1.54, 1.807) is 0 Å². The number of rotatable bonds is 1. The Morgan fingerprint density at radius 3 is 2.65 bits per heavy atom. The third-order valence-electron chi connectivity index (χ3n) is 3.10. The molecule has 3 aromatic carbocycles. The molecular weight excluding hydrogens is 284 g/mol. The molecule has 0 bridgehead atoms. The van der Waals surface area contributed by atoms with Crippen molar-refractivity contribution in [1.82, 2.24) is 0 Å². The fourth-order valence-electron chi connectivity index (χ4n) is 2.25. The van der Waals surface area contributed by atoms with E-state index in [0.29, 0.717) is 31.3 Å². The minimum absolute atomic E-state index is 0.0552. The van der Waals surface area contributed by atoms with Crippen LogP contribution in [0.25, 0.3) is 31.3 Å². The van der Waals surface area contributed by atoms with Crippen LogP contribution in [0.5, 0.6) is 0 Å². The van der Waals surface area contributed by atoms with Crippen LogP contribution in [-0.4, -0.2) is 0 Å². The van der Waals surface area contributed by atoms with Gasteiger partial charge in [0.2, 0.25) is 0 Å². The minimum atomic E-state index is -0.240. The molecule has 4 aromatic rings. The van der Waals surface area contributed by atoms with E-state index in [4.69, 9.17) is 19.8 Å². The Kier molecular flexibility index (Phi) is 1.68. The zero-order valence-electron chi connectivity index (χ0n) is 16.2. The van der Waals surface area contributed by atoms with Gasteiger partial charge in [0.1, 0.15) is 0 Å². The maximum Gasteiger partial charge on any atom is 0.0654 e. The molecule has 0 fully saturated rings. The van der Waals surface area contributed by atoms with Crippen LogP contribution in [0.2, 0.25) is 5.02 Å². The maximum absolute atomic E-state index is 8.41. The van der Waals surface area contributed by atoms with Gasteiger partial charge in [-0.3, -0.25) is 0 Å². The van der Waals surface area contributed by atoms with E-state index < -0.39 is 0 Å². The van der Waals surface area contributed by atoms with Crippen molar-refractivity contribution < 1.29 is 8.22 Å². The van der Waals surface area contributed by atoms with Crippen molar-refractivity contribution in [3.05, 3.63) is 71.6 Å². The standard InChI is InChI=1S/C18H11ClS/c19-13-9-10-15-17(11-13)20-16-8-4-7-14(18(15)16)12-5-2-1-3-6-12/h1-11H/i4D,7D,8D,9D,10D,11D. The largest absolute Gasteiger partial charge is 0.135 e. The number of benzene rings is 3. The predicted octanol–water partition coefficient (Wildman–Crippen LogP) is 6.37. The molecule has 0 saturated carbocycles. The lowest BCUT2D eigenvalue weighted by Gasteiger charge is -2.04. The monoisotopic (exact) mass is 300 g/mol. The Bertz CT molecular complexity index is 1200. The van der Waals surface area contributed by atoms with Crippen LogP contribution in [0.15, 0.2) is 66.6 Å². The van der Waals surface area contributed by atoms with Crippen LogP contribution in [0.1, 0.15) is 8.22 Å². The highest BCUT2D eigenvalue weighted by molar-refractivity contribution is 7.26. The molecule has 0 nitrogen and oxygen atoms in total. The quantitative estimate of drug-likeness (QED) is 0.383. The van der Waals surface area contributed by atoms with Gasteiger partial charge in [0.05, 0.1) is 8.22 Å². The van der Waals surface area contributed by atoms with Gasteiger partial charge in [0.25, 0.3) is 0 Å². The van der Waals surface area contributed by atoms with Crippen molar-refractivity contribution in [2.75, 3.05) is 0 Å². The topological polar surface area (TPSA) is 0 Å². The van der Waals surface area contributed by atoms with Gasteiger partial charge in [-0.15, -0.1) is 11.3 Å². The molecule has 0 aliphatic rings. The maximum atomic E-state index is 8.41. The molecule has 1 aromatic heterocycles. The molecule has 0 saturated heterocycles. The summed E-state index contributed by atoms with van der Waals surface area (Å²) in [6.45, 7) is 0. The van der Waals surface area contributed by atoms with Gasteiger partial charge in [0.15, 0.2) is 0 Å². The van der Waals surface area contributed by atoms with Gasteiger partial charge in [-0.05, 0) is 29.3 Å². The van der Waals surface area contributed by atoms with Crippen LogP contribution >= 0.6 is 22.9 Å². The van der Waals surface area contributed by atoms with Crippen molar-refractivity contribution in [3.8, 4) is 11.1 Å². The van der Waals surface area contributed by atoms with Gasteiger partial charge in [0, 0.05) is 25.2 Å². The van der Waals surface area contributed by atoms with Crippen LogP contribution in [-0.2, 0) is 0 Å². The summed E-state index contributed by atoms with van der Waals surface area (Å²) in [5.41, 5.74) is 1.14. The third kappa shape index (κ3) is 1.82. The van der Waals surface area contributed by atoms with Crippen molar-refractivity contribution in [1.29, 1.82) is 0 Å². The molecule has 0 radical (unpaired) electrons. The average molecular weight is 301 g/mol. The molecular formula is C18H11ClS. The first-order chi connectivity index (χ1) is 12.3. The lowest BCUT2D eigenvalue weighted by molar-refractivity contribution is 1.67. The normalized spacial score (nSPS) is 15.4. The highest BCUT2D eigenvalue weighted by Crippen LogP contribution is 2.40. The first kappa shape index (κ1) is 7.26. The molecule has 1 heterocycles. The molecule has 0 unspecified atom stereocenters. The number of halogens is 1. The molecule has 96 valence electrons. The molecule has 0 amide bonds. The summed E-state index contributed by atoms with van der Waals surface area (Å²) in [6, 6.07) is 8.28. The second-order valence-electron chi connectivity index (χ2n) is 4.32. The molecule has 0 N–H and O–H groups in total. The minimum Gasteiger partial charge on any atom is -0.135 e. The molecule has 0 aliphatic carbocycles. The second kappa shape index (κ2) is 4.62. The Morgan fingerprint density at radius 1 is 0.950 bits per heavy atom. The molecule has 0 atom stereocenters. The van der Waals surface area contributed by atoms with E-state index in [2.05, 4.69) is 0 Å². The lowest BCUT2D eigenvalue weighted by atomic mass is 10.00. The number of hydrogen-bond acceptors (Lipinski definition) is 1. The van der Waals surface area contributed by atoms with E-state index in [0.717, 1.165) is 11.3 Å². The Labute approximate surface area is 134 Å². The van der Waals surface area contributed by atoms with E-state index in [9.17, 15) is 0 Å². The molecule has 0 spiro atoms. The smallest absolute Gasteiger partial charge is 0.0654 e. The van der Waals surface area contributed by atoms with Crippen molar-refractivity contribution >= 4 is 43.1 Å². The average Bonchev–Trinajstić information content (AvgIpc) is 3.04. The Morgan fingerprint density at radius 2 is 1.80 bits per heavy atom. The van der Waals surface area contributed by atoms with Crippen LogP contribution < -0.4 is 0 Å². The Balaban J connectivity index is 2.36. The predicted molar refractivity (Wildman–Crippen MR) is 89.8 cm³/mol. The summed E-state index contributed by atoms with van der Waals surface area (Å²) in [5.74, 6) is 0. The fourth-order valence-corrected chi connectivity index (χ4v) is 3.47. The molecule has 20 heavy (non-hydrogen) atoms. The second-order valence-corrected chi connectivity index (χ2v) is 5.71. The summed E-state index contributed by atoms with van der Waals surface area (Å²) in [5, 5.41) is 0.732. The van der Waals surface area contributed by atoms with Gasteiger partial charge in [-0.2, -0.15) is 0 Å². The third-order valence-corrected chi connectivity index (χ3v) is 4.31. The van der Waals surface area contributed by atoms with E-state index in [-0.39, 0.29) is 41.3 Å².